The Bertz CT molecular complexity index is 2880. The lowest BCUT2D eigenvalue weighted by Gasteiger charge is -2.25. The van der Waals surface area contributed by atoms with E-state index in [1.54, 1.807) is 32.2 Å². The quantitative estimate of drug-likeness (QED) is 0.0304. The molecule has 0 amide bonds. The van der Waals surface area contributed by atoms with E-state index in [1.807, 2.05) is 18.2 Å². The summed E-state index contributed by atoms with van der Waals surface area (Å²) in [6, 6.07) is 13.7. The number of carbonyl (C=O) groups excluding carboxylic acids is 2. The average molecular weight is 1050 g/mol. The number of hydrogen-bond acceptors (Lipinski definition) is 17. The molecule has 6 heterocycles. The lowest BCUT2D eigenvalue weighted by molar-refractivity contribution is -0.385. The number of hydrogen-bond donors (Lipinski definition) is 6. The van der Waals surface area contributed by atoms with Gasteiger partial charge >= 0.3 is 29.6 Å². The largest absolute Gasteiger partial charge is 0.478 e. The number of aromatic nitrogens is 7. The fourth-order valence-electron chi connectivity index (χ4n) is 8.40. The van der Waals surface area contributed by atoms with Crippen LogP contribution in [0.2, 0.25) is 5.15 Å². The Balaban J connectivity index is 0.000000183. The predicted octanol–water partition coefficient (Wildman–Crippen LogP) is 9.45. The number of carboxylic acids is 2. The maximum atomic E-state index is 11.6. The minimum absolute atomic E-state index is 0.00736. The van der Waals surface area contributed by atoms with Crippen molar-refractivity contribution in [1.29, 1.82) is 0 Å². The van der Waals surface area contributed by atoms with Gasteiger partial charge in [0.25, 0.3) is 0 Å². The second kappa shape index (κ2) is 29.7. The number of nitrogens with zero attached hydrogens (tertiary/aromatic N) is 7. The molecule has 8 N–H and O–H groups in total. The van der Waals surface area contributed by atoms with Crippen LogP contribution in [0, 0.1) is 10.1 Å². The van der Waals surface area contributed by atoms with Crippen LogP contribution < -0.4 is 22.3 Å². The monoisotopic (exact) mass is 1050 g/mol. The molecular weight excluding hydrogens is 990 g/mol. The topological polar surface area (TPSA) is 337 Å². The molecule has 6 aromatic rings. The van der Waals surface area contributed by atoms with E-state index < -0.39 is 28.5 Å². The minimum atomic E-state index is -1.05. The summed E-state index contributed by atoms with van der Waals surface area (Å²) in [4.78, 5) is 87.9. The van der Waals surface area contributed by atoms with Gasteiger partial charge in [-0.3, -0.25) is 19.9 Å². The molecule has 400 valence electrons. The molecule has 3 aliphatic carbocycles. The molecule has 0 aromatic carbocycles. The molecule has 0 radical (unpaired) electrons. The Morgan fingerprint density at radius 2 is 1.36 bits per heavy atom. The average Bonchev–Trinajstić information content (AvgIpc) is 3.80. The van der Waals surface area contributed by atoms with Gasteiger partial charge in [0, 0.05) is 61.2 Å². The Labute approximate surface area is 437 Å². The molecule has 0 aliphatic heterocycles. The molecule has 22 nitrogen and oxygen atoms in total. The minimum Gasteiger partial charge on any atom is -0.478 e. The molecule has 6 aromatic heterocycles. The van der Waals surface area contributed by atoms with Gasteiger partial charge in [-0.05, 0) is 82.7 Å². The Kier molecular flexibility index (Phi) is 23.0. The predicted molar refractivity (Wildman–Crippen MR) is 282 cm³/mol. The number of aromatic amines is 1. The molecule has 3 saturated carbocycles. The number of ether oxygens (including phenoxy) is 2. The zero-order valence-electron chi connectivity index (χ0n) is 42.0. The number of halogens is 1. The van der Waals surface area contributed by atoms with Crippen LogP contribution in [-0.4, -0.2) is 98.8 Å². The van der Waals surface area contributed by atoms with E-state index in [2.05, 4.69) is 44.5 Å². The number of nitro groups is 1. The second-order valence-electron chi connectivity index (χ2n) is 17.7. The lowest BCUT2D eigenvalue weighted by atomic mass is 9.95. The number of nitrogens with two attached hydrogens (primary N) is 2. The van der Waals surface area contributed by atoms with Crippen LogP contribution in [0.4, 0.5) is 17.2 Å². The van der Waals surface area contributed by atoms with E-state index in [0.29, 0.717) is 47.3 Å². The van der Waals surface area contributed by atoms with Crippen molar-refractivity contribution in [3.8, 4) is 11.5 Å². The van der Waals surface area contributed by atoms with Crippen molar-refractivity contribution < 1.29 is 43.8 Å². The molecule has 0 atom stereocenters. The van der Waals surface area contributed by atoms with Crippen molar-refractivity contribution >= 4 is 63.8 Å². The zero-order valence-corrected chi connectivity index (χ0v) is 42.7. The number of carbonyl (C=O) groups is 4. The number of nitrogen functional groups attached to an aromatic ring is 1. The van der Waals surface area contributed by atoms with Crippen molar-refractivity contribution in [1.82, 2.24) is 34.5 Å². The number of fused-ring (bicyclic) bond motifs is 1. The van der Waals surface area contributed by atoms with Crippen molar-refractivity contribution in [3.63, 3.8) is 0 Å². The van der Waals surface area contributed by atoms with Gasteiger partial charge < -0.3 is 46.0 Å². The first-order valence-corrected chi connectivity index (χ1v) is 25.3. The highest BCUT2D eigenvalue weighted by Crippen LogP contribution is 2.35. The molecule has 0 saturated heterocycles. The van der Waals surface area contributed by atoms with E-state index >= 15 is 0 Å². The Hall–Kier alpha value is -7.85. The molecule has 0 spiro atoms. The van der Waals surface area contributed by atoms with E-state index in [-0.39, 0.29) is 40.0 Å². The normalized spacial score (nSPS) is 14.6. The van der Waals surface area contributed by atoms with E-state index in [0.717, 1.165) is 61.3 Å². The maximum absolute atomic E-state index is 11.6. The molecule has 3 fully saturated rings. The van der Waals surface area contributed by atoms with E-state index in [9.17, 15) is 39.2 Å². The van der Waals surface area contributed by atoms with Crippen molar-refractivity contribution in [2.24, 2.45) is 5.73 Å². The zero-order chi connectivity index (χ0) is 54.3. The molecule has 0 unspecified atom stereocenters. The smallest absolute Gasteiger partial charge is 0.339 e. The highest BCUT2D eigenvalue weighted by atomic mass is 35.5. The first-order valence-electron chi connectivity index (χ1n) is 25.0. The van der Waals surface area contributed by atoms with Crippen LogP contribution in [-0.2, 0) is 9.47 Å². The number of nitrogens with one attached hydrogen (secondary N) is 2. The van der Waals surface area contributed by atoms with Gasteiger partial charge in [-0.15, -0.1) is 0 Å². The van der Waals surface area contributed by atoms with E-state index in [1.165, 1.54) is 95.2 Å². The fraction of sp³-hybridized carbons (Fsp3) is 0.423. The van der Waals surface area contributed by atoms with Crippen molar-refractivity contribution in [3.05, 3.63) is 127 Å². The Morgan fingerprint density at radius 1 is 0.773 bits per heavy atom. The van der Waals surface area contributed by atoms with Gasteiger partial charge in [0.05, 0.1) is 46.1 Å². The number of pyridine rings is 5. The van der Waals surface area contributed by atoms with Crippen LogP contribution >= 0.6 is 11.6 Å². The molecule has 3 aliphatic rings. The molecular formula is C52H64ClN11O11. The fourth-order valence-corrected chi connectivity index (χ4v) is 8.57. The summed E-state index contributed by atoms with van der Waals surface area (Å²) in [6.07, 6.45) is 25.6. The molecule has 9 rings (SSSR count). The van der Waals surface area contributed by atoms with Gasteiger partial charge in [0.2, 0.25) is 10.7 Å². The second-order valence-corrected chi connectivity index (χ2v) is 18.1. The summed E-state index contributed by atoms with van der Waals surface area (Å²) >= 11 is 5.47. The number of imidazole rings is 1. The van der Waals surface area contributed by atoms with Crippen molar-refractivity contribution in [2.45, 2.75) is 128 Å². The molecule has 23 heteroatoms. The summed E-state index contributed by atoms with van der Waals surface area (Å²) in [6.45, 7) is 3.94. The third kappa shape index (κ3) is 17.9. The summed E-state index contributed by atoms with van der Waals surface area (Å²) in [5.41, 5.74) is 14.1. The number of aromatic carboxylic acids is 2. The maximum Gasteiger partial charge on any atom is 0.339 e. The highest BCUT2D eigenvalue weighted by Gasteiger charge is 2.25. The Morgan fingerprint density at radius 3 is 1.88 bits per heavy atom. The number of rotatable bonds is 11. The number of H-pyrrole nitrogens is 1. The van der Waals surface area contributed by atoms with Gasteiger partial charge in [0.15, 0.2) is 11.5 Å². The van der Waals surface area contributed by atoms with Crippen LogP contribution in [0.25, 0.3) is 22.7 Å². The molecule has 75 heavy (non-hydrogen) atoms. The lowest BCUT2D eigenvalue weighted by Crippen LogP contribution is -2.23. The number of anilines is 2. The third-order valence-electron chi connectivity index (χ3n) is 12.2. The van der Waals surface area contributed by atoms with Crippen LogP contribution in [0.1, 0.15) is 158 Å². The van der Waals surface area contributed by atoms with Gasteiger partial charge in [-0.25, -0.2) is 39.1 Å². The molecule has 0 bridgehead atoms. The van der Waals surface area contributed by atoms with E-state index in [4.69, 9.17) is 32.9 Å². The van der Waals surface area contributed by atoms with Crippen LogP contribution in [0.5, 0.6) is 0 Å². The van der Waals surface area contributed by atoms with Gasteiger partial charge in [-0.2, -0.15) is 0 Å². The van der Waals surface area contributed by atoms with Crippen molar-refractivity contribution in [2.75, 3.05) is 24.3 Å². The summed E-state index contributed by atoms with van der Waals surface area (Å²) in [7, 11) is 0. The highest BCUT2D eigenvalue weighted by molar-refractivity contribution is 6.31. The summed E-state index contributed by atoms with van der Waals surface area (Å²) < 4.78 is 11.7. The summed E-state index contributed by atoms with van der Waals surface area (Å²) in [5, 5.41) is 31.1. The number of esters is 2. The van der Waals surface area contributed by atoms with Gasteiger partial charge in [-0.1, -0.05) is 75.5 Å². The first kappa shape index (κ1) is 58.0. The third-order valence-corrected chi connectivity index (χ3v) is 12.5. The number of carboxylic acid groups (broad SMARTS) is 2. The van der Waals surface area contributed by atoms with Crippen LogP contribution in [0.15, 0.2) is 84.3 Å². The van der Waals surface area contributed by atoms with Gasteiger partial charge in [0.1, 0.15) is 17.0 Å². The SMILES string of the molecule is CCOC(=O)c1cnc(Cl)c([N+](=O)[O-])c1.CCOC(=O)c1cnc(NC2CCCCC2)c(N)c1.NC1CCCCC1.O=C(O)c1ccc(=O)[nH]c1.O=C(O)c1cnc2c(c1)nc(-c1ccccn1)n2C1CCCCC1. The van der Waals surface area contributed by atoms with Crippen LogP contribution in [0.3, 0.4) is 0 Å². The summed E-state index contributed by atoms with van der Waals surface area (Å²) in [5.74, 6) is -1.64. The standard InChI is InChI=1S/C18H18N4O2.C14H21N3O2.C8H7ClN2O4.C6H5NO3.C6H13N/c23-18(24)12-10-15-16(20-11-12)22(13-6-2-1-3-7-13)17(21-15)14-8-4-5-9-19-14;1-2-19-14(18)10-8-12(15)13(16-9-10)17-11-6-4-3-5-7-11;1-2-15-8(12)5-3-6(11(13)14)7(9)10-4-5;8-5-2-1-4(3-7-5)6(9)10;7-6-4-2-1-3-5-6/h4-5,8-11,13H,1-3,6-7H2,(H,23,24);8-9,11H,2-7,15H2,1H3,(H,16,17);3-4H,2H2,1H3;1-3H,(H,7,8)(H,9,10);6H,1-5,7H2. The first-order chi connectivity index (χ1) is 36.1.